The maximum Gasteiger partial charge on any atom is 0.248 e. The molecule has 1 aromatic heterocycles. The molecule has 0 aliphatic rings. The molecule has 152 valence electrons. The highest BCUT2D eigenvalue weighted by atomic mass is 19.1. The molecular weight excluding hydrogens is 378 g/mol. The second kappa shape index (κ2) is 7.62. The van der Waals surface area contributed by atoms with E-state index in [1.54, 1.807) is 17.6 Å². The molecule has 6 nitrogen and oxygen atoms in total. The number of ether oxygens (including phenoxy) is 1. The molecule has 3 aromatic rings. The van der Waals surface area contributed by atoms with Crippen LogP contribution in [0.15, 0.2) is 36.4 Å². The zero-order valence-corrected chi connectivity index (χ0v) is 16.7. The van der Waals surface area contributed by atoms with Gasteiger partial charge in [-0.25, -0.2) is 8.78 Å². The number of benzene rings is 2. The number of aromatic nitrogens is 3. The summed E-state index contributed by atoms with van der Waals surface area (Å²) in [5, 5.41) is 8.39. The Hall–Kier alpha value is -3.29. The molecule has 0 bridgehead atoms. The van der Waals surface area contributed by atoms with E-state index >= 15 is 0 Å². The molecule has 8 heteroatoms. The molecule has 0 fully saturated rings. The Balaban J connectivity index is 2.01. The smallest absolute Gasteiger partial charge is 0.248 e. The molecule has 0 saturated carbocycles. The molecule has 1 heterocycles. The number of halogens is 2. The lowest BCUT2D eigenvalue weighted by molar-refractivity contribution is 0.0929. The summed E-state index contributed by atoms with van der Waals surface area (Å²) in [7, 11) is 0. The Morgan fingerprint density at radius 2 is 1.90 bits per heavy atom. The fraction of sp³-hybridized carbons (Fsp3) is 0.286. The third-order valence-corrected chi connectivity index (χ3v) is 4.60. The summed E-state index contributed by atoms with van der Waals surface area (Å²) in [4.78, 5) is 11.3. The van der Waals surface area contributed by atoms with Gasteiger partial charge in [0.05, 0.1) is 5.56 Å². The predicted octanol–water partition coefficient (Wildman–Crippen LogP) is 3.96. The lowest BCUT2D eigenvalue weighted by atomic mass is 10.1. The monoisotopic (exact) mass is 400 g/mol. The van der Waals surface area contributed by atoms with Crippen LogP contribution in [0, 0.1) is 18.6 Å². The molecule has 2 aromatic carbocycles. The summed E-state index contributed by atoms with van der Waals surface area (Å²) in [5.74, 6) is -0.372. The van der Waals surface area contributed by atoms with Crippen LogP contribution < -0.4 is 10.5 Å². The fourth-order valence-electron chi connectivity index (χ4n) is 3.14. The Kier molecular flexibility index (Phi) is 5.37. The summed E-state index contributed by atoms with van der Waals surface area (Å²) in [6.07, 6.45) is 0. The van der Waals surface area contributed by atoms with Gasteiger partial charge in [-0.1, -0.05) is 0 Å². The Bertz CT molecular complexity index is 1080. The van der Waals surface area contributed by atoms with Crippen molar-refractivity contribution in [2.75, 3.05) is 0 Å². The zero-order chi connectivity index (χ0) is 21.3. The number of hydrogen-bond donors (Lipinski definition) is 1. The standard InChI is InChI=1S/C21H22F2N4O2/c1-5-27-19(15-8-6-13(18(24)28)11-16(15)23)25-26-20(27)21(3,4)29-17-9-7-14(22)10-12(17)2/h6-11H,5H2,1-4H3,(H2,24,28). The molecule has 0 spiro atoms. The van der Waals surface area contributed by atoms with E-state index < -0.39 is 17.3 Å². The van der Waals surface area contributed by atoms with Crippen molar-refractivity contribution >= 4 is 5.91 Å². The van der Waals surface area contributed by atoms with Crippen molar-refractivity contribution in [3.63, 3.8) is 0 Å². The van der Waals surface area contributed by atoms with E-state index in [9.17, 15) is 13.6 Å². The first kappa shape index (κ1) is 20.4. The largest absolute Gasteiger partial charge is 0.480 e. The molecule has 3 rings (SSSR count). The van der Waals surface area contributed by atoms with Crippen LogP contribution in [-0.2, 0) is 12.1 Å². The van der Waals surface area contributed by atoms with Crippen LogP contribution in [0.3, 0.4) is 0 Å². The third kappa shape index (κ3) is 3.96. The summed E-state index contributed by atoms with van der Waals surface area (Å²) < 4.78 is 35.8. The number of aryl methyl sites for hydroxylation is 1. The Morgan fingerprint density at radius 3 is 2.48 bits per heavy atom. The minimum absolute atomic E-state index is 0.0736. The second-order valence-electron chi connectivity index (χ2n) is 7.17. The van der Waals surface area contributed by atoms with Gasteiger partial charge in [0, 0.05) is 12.1 Å². The molecular formula is C21H22F2N4O2. The average molecular weight is 400 g/mol. The number of primary amides is 1. The van der Waals surface area contributed by atoms with Gasteiger partial charge in [0.25, 0.3) is 0 Å². The van der Waals surface area contributed by atoms with Crippen LogP contribution >= 0.6 is 0 Å². The van der Waals surface area contributed by atoms with Crippen molar-refractivity contribution in [3.05, 3.63) is 65.0 Å². The molecule has 0 radical (unpaired) electrons. The van der Waals surface area contributed by atoms with E-state index in [1.165, 1.54) is 24.3 Å². The second-order valence-corrected chi connectivity index (χ2v) is 7.17. The molecule has 0 atom stereocenters. The number of hydrogen-bond acceptors (Lipinski definition) is 4. The fourth-order valence-corrected chi connectivity index (χ4v) is 3.14. The molecule has 29 heavy (non-hydrogen) atoms. The van der Waals surface area contributed by atoms with E-state index in [1.807, 2.05) is 20.8 Å². The molecule has 0 aliphatic heterocycles. The molecule has 0 aliphatic carbocycles. The van der Waals surface area contributed by atoms with Crippen LogP contribution in [0.4, 0.5) is 8.78 Å². The van der Waals surface area contributed by atoms with Crippen molar-refractivity contribution < 1.29 is 18.3 Å². The van der Waals surface area contributed by atoms with Crippen LogP contribution in [-0.4, -0.2) is 20.7 Å². The van der Waals surface area contributed by atoms with E-state index in [4.69, 9.17) is 10.5 Å². The van der Waals surface area contributed by atoms with Crippen LogP contribution in [0.25, 0.3) is 11.4 Å². The van der Waals surface area contributed by atoms with Crippen LogP contribution in [0.1, 0.15) is 42.5 Å². The predicted molar refractivity (Wildman–Crippen MR) is 104 cm³/mol. The lowest BCUT2D eigenvalue weighted by Crippen LogP contribution is -2.30. The van der Waals surface area contributed by atoms with Gasteiger partial charge in [0.15, 0.2) is 17.2 Å². The van der Waals surface area contributed by atoms with Crippen molar-refractivity contribution in [2.24, 2.45) is 5.73 Å². The minimum Gasteiger partial charge on any atom is -0.480 e. The van der Waals surface area contributed by atoms with Gasteiger partial charge >= 0.3 is 0 Å². The quantitative estimate of drug-likeness (QED) is 0.679. The van der Waals surface area contributed by atoms with Gasteiger partial charge in [0.2, 0.25) is 5.91 Å². The highest BCUT2D eigenvalue weighted by Crippen LogP contribution is 2.32. The highest BCUT2D eigenvalue weighted by molar-refractivity contribution is 5.93. The Morgan fingerprint density at radius 1 is 1.17 bits per heavy atom. The summed E-state index contributed by atoms with van der Waals surface area (Å²) in [6.45, 7) is 7.71. The molecule has 1 amide bonds. The first-order valence-corrected chi connectivity index (χ1v) is 9.12. The van der Waals surface area contributed by atoms with Crippen LogP contribution in [0.2, 0.25) is 0 Å². The normalized spacial score (nSPS) is 11.5. The van der Waals surface area contributed by atoms with Gasteiger partial charge in [0.1, 0.15) is 17.4 Å². The third-order valence-electron chi connectivity index (χ3n) is 4.60. The molecule has 0 unspecified atom stereocenters. The minimum atomic E-state index is -0.923. The van der Waals surface area contributed by atoms with E-state index in [2.05, 4.69) is 10.2 Å². The number of carbonyl (C=O) groups excluding carboxylic acids is 1. The van der Waals surface area contributed by atoms with Crippen molar-refractivity contribution in [1.29, 1.82) is 0 Å². The van der Waals surface area contributed by atoms with E-state index in [0.29, 0.717) is 29.5 Å². The number of carbonyl (C=O) groups is 1. The maximum absolute atomic E-state index is 14.6. The maximum atomic E-state index is 14.6. The van der Waals surface area contributed by atoms with E-state index in [-0.39, 0.29) is 16.9 Å². The zero-order valence-electron chi connectivity index (χ0n) is 16.7. The summed E-state index contributed by atoms with van der Waals surface area (Å²) in [6, 6.07) is 8.24. The lowest BCUT2D eigenvalue weighted by Gasteiger charge is -2.27. The molecule has 2 N–H and O–H groups in total. The summed E-state index contributed by atoms with van der Waals surface area (Å²) in [5.41, 5.74) is 5.20. The van der Waals surface area contributed by atoms with Crippen molar-refractivity contribution in [1.82, 2.24) is 14.8 Å². The summed E-state index contributed by atoms with van der Waals surface area (Å²) >= 11 is 0. The first-order chi connectivity index (χ1) is 13.6. The highest BCUT2D eigenvalue weighted by Gasteiger charge is 2.31. The van der Waals surface area contributed by atoms with Crippen LogP contribution in [0.5, 0.6) is 5.75 Å². The number of amides is 1. The SMILES string of the molecule is CCn1c(-c2ccc(C(N)=O)cc2F)nnc1C(C)(C)Oc1ccc(F)cc1C. The molecule has 0 saturated heterocycles. The first-order valence-electron chi connectivity index (χ1n) is 9.12. The van der Waals surface area contributed by atoms with E-state index in [0.717, 1.165) is 6.07 Å². The van der Waals surface area contributed by atoms with Gasteiger partial charge in [-0.15, -0.1) is 10.2 Å². The number of nitrogens with two attached hydrogens (primary N) is 1. The average Bonchev–Trinajstić information content (AvgIpc) is 3.08. The van der Waals surface area contributed by atoms with Gasteiger partial charge in [-0.3, -0.25) is 4.79 Å². The topological polar surface area (TPSA) is 83.0 Å². The van der Waals surface area contributed by atoms with Gasteiger partial charge in [-0.2, -0.15) is 0 Å². The number of nitrogens with zero attached hydrogens (tertiary/aromatic N) is 3. The van der Waals surface area contributed by atoms with Gasteiger partial charge < -0.3 is 15.0 Å². The Labute approximate surface area is 167 Å². The van der Waals surface area contributed by atoms with Gasteiger partial charge in [-0.05, 0) is 69.7 Å². The van der Waals surface area contributed by atoms with Crippen molar-refractivity contribution in [2.45, 2.75) is 39.8 Å². The van der Waals surface area contributed by atoms with Crippen molar-refractivity contribution in [3.8, 4) is 17.1 Å². The number of rotatable bonds is 6.